The standard InChI is InChI=1S/C33H37NO3/c1-32(2,3)26-12-5-23(6-13-26)24-7-14-27(15-8-24)33(21-22-4-11-29(33)20-22)28-16-9-25(10-17-28)31(37)34-19-18-30(35)36/h5-10,12-17,22,29H,4,11,18-21H2,1-3H3,(H,34,37)(H,35,36). The van der Waals surface area contributed by atoms with E-state index in [2.05, 4.69) is 86.8 Å². The lowest BCUT2D eigenvalue weighted by atomic mass is 9.64. The number of carboxylic acid groups (broad SMARTS) is 1. The van der Waals surface area contributed by atoms with Gasteiger partial charge in [0.25, 0.3) is 5.91 Å². The van der Waals surface area contributed by atoms with Gasteiger partial charge >= 0.3 is 5.97 Å². The number of aliphatic carboxylic acids is 1. The van der Waals surface area contributed by atoms with E-state index in [0.717, 1.165) is 12.3 Å². The normalized spacial score (nSPS) is 22.7. The van der Waals surface area contributed by atoms with Crippen molar-refractivity contribution in [1.29, 1.82) is 0 Å². The van der Waals surface area contributed by atoms with Gasteiger partial charge in [-0.2, -0.15) is 0 Å². The van der Waals surface area contributed by atoms with Crippen molar-refractivity contribution >= 4 is 11.9 Å². The Morgan fingerprint density at radius 2 is 1.43 bits per heavy atom. The number of carbonyl (C=O) groups excluding carboxylic acids is 1. The SMILES string of the molecule is CC(C)(C)c1ccc(-c2ccc(C3(c4ccc(C(=O)NCCC(=O)O)cc4)CC4CCC3C4)cc2)cc1. The Hall–Kier alpha value is -3.40. The number of amides is 1. The molecular weight excluding hydrogens is 458 g/mol. The topological polar surface area (TPSA) is 66.4 Å². The fourth-order valence-electron chi connectivity index (χ4n) is 6.63. The molecule has 0 saturated heterocycles. The Labute approximate surface area is 220 Å². The average Bonchev–Trinajstić information content (AvgIpc) is 3.51. The number of rotatable bonds is 7. The Morgan fingerprint density at radius 1 is 0.865 bits per heavy atom. The van der Waals surface area contributed by atoms with Gasteiger partial charge in [-0.05, 0) is 76.5 Å². The van der Waals surface area contributed by atoms with Crippen LogP contribution in [-0.4, -0.2) is 23.5 Å². The van der Waals surface area contributed by atoms with E-state index in [0.29, 0.717) is 11.5 Å². The van der Waals surface area contributed by atoms with E-state index in [4.69, 9.17) is 5.11 Å². The summed E-state index contributed by atoms with van der Waals surface area (Å²) in [6, 6.07) is 26.1. The highest BCUT2D eigenvalue weighted by Gasteiger charge is 2.52. The summed E-state index contributed by atoms with van der Waals surface area (Å²) >= 11 is 0. The van der Waals surface area contributed by atoms with Crippen molar-refractivity contribution in [2.75, 3.05) is 6.54 Å². The van der Waals surface area contributed by atoms with Gasteiger partial charge in [-0.3, -0.25) is 9.59 Å². The lowest BCUT2D eigenvalue weighted by molar-refractivity contribution is -0.136. The molecule has 5 rings (SSSR count). The first-order chi connectivity index (χ1) is 17.7. The highest BCUT2D eigenvalue weighted by molar-refractivity contribution is 5.94. The Bertz CT molecular complexity index is 1270. The fourth-order valence-corrected chi connectivity index (χ4v) is 6.63. The van der Waals surface area contributed by atoms with Crippen molar-refractivity contribution in [2.24, 2.45) is 11.8 Å². The molecule has 3 aromatic rings. The number of carboxylic acids is 1. The van der Waals surface area contributed by atoms with E-state index in [1.165, 1.54) is 47.1 Å². The molecule has 2 bridgehead atoms. The molecule has 3 unspecified atom stereocenters. The third kappa shape index (κ3) is 4.94. The molecule has 3 aromatic carbocycles. The van der Waals surface area contributed by atoms with Crippen molar-refractivity contribution in [2.45, 2.75) is 63.7 Å². The first-order valence-corrected chi connectivity index (χ1v) is 13.5. The van der Waals surface area contributed by atoms with E-state index in [1.54, 1.807) is 0 Å². The van der Waals surface area contributed by atoms with Gasteiger partial charge in [-0.1, -0.05) is 87.9 Å². The van der Waals surface area contributed by atoms with Crippen LogP contribution in [0.25, 0.3) is 11.1 Å². The predicted octanol–water partition coefficient (Wildman–Crippen LogP) is 6.96. The number of hydrogen-bond acceptors (Lipinski definition) is 2. The summed E-state index contributed by atoms with van der Waals surface area (Å²) in [4.78, 5) is 23.2. The first-order valence-electron chi connectivity index (χ1n) is 13.5. The maximum absolute atomic E-state index is 12.5. The zero-order valence-electron chi connectivity index (χ0n) is 22.1. The van der Waals surface area contributed by atoms with Crippen LogP contribution in [-0.2, 0) is 15.6 Å². The van der Waals surface area contributed by atoms with Crippen LogP contribution in [0.15, 0.2) is 72.8 Å². The van der Waals surface area contributed by atoms with Crippen LogP contribution in [0.1, 0.15) is 79.9 Å². The lowest BCUT2D eigenvalue weighted by Crippen LogP contribution is -2.34. The largest absolute Gasteiger partial charge is 0.481 e. The van der Waals surface area contributed by atoms with E-state index in [1.807, 2.05) is 12.1 Å². The number of hydrogen-bond donors (Lipinski definition) is 2. The number of nitrogens with one attached hydrogen (secondary N) is 1. The summed E-state index contributed by atoms with van der Waals surface area (Å²) in [5.74, 6) is 0.233. The van der Waals surface area contributed by atoms with Crippen LogP contribution in [0.2, 0.25) is 0 Å². The first kappa shape index (κ1) is 25.3. The zero-order chi connectivity index (χ0) is 26.2. The smallest absolute Gasteiger partial charge is 0.305 e. The Morgan fingerprint density at radius 3 is 1.92 bits per heavy atom. The van der Waals surface area contributed by atoms with Gasteiger partial charge in [0, 0.05) is 17.5 Å². The van der Waals surface area contributed by atoms with Crippen LogP contribution in [0.4, 0.5) is 0 Å². The number of carbonyl (C=O) groups is 2. The predicted molar refractivity (Wildman–Crippen MR) is 148 cm³/mol. The molecule has 2 aliphatic rings. The van der Waals surface area contributed by atoms with Crippen LogP contribution in [0, 0.1) is 11.8 Å². The van der Waals surface area contributed by atoms with Crippen molar-refractivity contribution < 1.29 is 14.7 Å². The Kier molecular flexibility index (Phi) is 6.70. The summed E-state index contributed by atoms with van der Waals surface area (Å²) < 4.78 is 0. The number of fused-ring (bicyclic) bond motifs is 2. The molecule has 1 amide bonds. The van der Waals surface area contributed by atoms with E-state index in [-0.39, 0.29) is 29.7 Å². The molecular formula is C33H37NO3. The average molecular weight is 496 g/mol. The van der Waals surface area contributed by atoms with Gasteiger partial charge in [0.15, 0.2) is 0 Å². The zero-order valence-corrected chi connectivity index (χ0v) is 22.1. The monoisotopic (exact) mass is 495 g/mol. The van der Waals surface area contributed by atoms with Gasteiger partial charge < -0.3 is 10.4 Å². The molecule has 2 saturated carbocycles. The molecule has 0 radical (unpaired) electrons. The third-order valence-electron chi connectivity index (χ3n) is 8.62. The molecule has 4 heteroatoms. The van der Waals surface area contributed by atoms with Crippen LogP contribution in [0.3, 0.4) is 0 Å². The molecule has 4 nitrogen and oxygen atoms in total. The summed E-state index contributed by atoms with van der Waals surface area (Å²) in [7, 11) is 0. The highest BCUT2D eigenvalue weighted by Crippen LogP contribution is 2.60. The van der Waals surface area contributed by atoms with Gasteiger partial charge in [-0.15, -0.1) is 0 Å². The van der Waals surface area contributed by atoms with E-state index in [9.17, 15) is 9.59 Å². The van der Waals surface area contributed by atoms with Crippen molar-refractivity contribution in [3.63, 3.8) is 0 Å². The summed E-state index contributed by atoms with van der Waals surface area (Å²) in [5, 5.41) is 11.5. The van der Waals surface area contributed by atoms with Gasteiger partial charge in [0.1, 0.15) is 0 Å². The number of benzene rings is 3. The van der Waals surface area contributed by atoms with Gasteiger partial charge in [0.2, 0.25) is 0 Å². The second-order valence-corrected chi connectivity index (χ2v) is 11.9. The van der Waals surface area contributed by atoms with Crippen LogP contribution < -0.4 is 5.32 Å². The third-order valence-corrected chi connectivity index (χ3v) is 8.62. The molecule has 192 valence electrons. The quantitative estimate of drug-likeness (QED) is 0.372. The van der Waals surface area contributed by atoms with Gasteiger partial charge in [-0.25, -0.2) is 0 Å². The molecule has 37 heavy (non-hydrogen) atoms. The fraction of sp³-hybridized carbons (Fsp3) is 0.394. The Balaban J connectivity index is 1.41. The minimum absolute atomic E-state index is 0.0180. The van der Waals surface area contributed by atoms with Crippen molar-refractivity contribution in [1.82, 2.24) is 5.32 Å². The van der Waals surface area contributed by atoms with Gasteiger partial charge in [0.05, 0.1) is 6.42 Å². The summed E-state index contributed by atoms with van der Waals surface area (Å²) in [6.45, 7) is 6.85. The molecule has 3 atom stereocenters. The molecule has 0 spiro atoms. The molecule has 0 aromatic heterocycles. The maximum Gasteiger partial charge on any atom is 0.305 e. The van der Waals surface area contributed by atoms with Crippen LogP contribution in [0.5, 0.6) is 0 Å². The second kappa shape index (κ2) is 9.81. The van der Waals surface area contributed by atoms with E-state index >= 15 is 0 Å². The molecule has 0 aliphatic heterocycles. The molecule has 2 N–H and O–H groups in total. The minimum Gasteiger partial charge on any atom is -0.481 e. The highest BCUT2D eigenvalue weighted by atomic mass is 16.4. The van der Waals surface area contributed by atoms with E-state index < -0.39 is 5.97 Å². The summed E-state index contributed by atoms with van der Waals surface area (Å²) in [5.41, 5.74) is 7.16. The minimum atomic E-state index is -0.915. The van der Waals surface area contributed by atoms with Crippen molar-refractivity contribution in [3.05, 3.63) is 95.1 Å². The summed E-state index contributed by atoms with van der Waals surface area (Å²) in [6.07, 6.45) is 4.91. The van der Waals surface area contributed by atoms with Crippen molar-refractivity contribution in [3.8, 4) is 11.1 Å². The molecule has 0 heterocycles. The van der Waals surface area contributed by atoms with Crippen LogP contribution >= 0.6 is 0 Å². The lowest BCUT2D eigenvalue weighted by Gasteiger charge is -2.39. The second-order valence-electron chi connectivity index (χ2n) is 11.9. The maximum atomic E-state index is 12.5. The molecule has 2 aliphatic carbocycles. The molecule has 2 fully saturated rings.